The van der Waals surface area contributed by atoms with Crippen molar-refractivity contribution in [1.29, 1.82) is 0 Å². The van der Waals surface area contributed by atoms with Gasteiger partial charge in [-0.1, -0.05) is 20.8 Å². The Morgan fingerprint density at radius 2 is 1.68 bits per heavy atom. The van der Waals surface area contributed by atoms with Crippen molar-refractivity contribution in [1.82, 2.24) is 10.6 Å². The van der Waals surface area contributed by atoms with E-state index in [0.29, 0.717) is 25.5 Å². The molecule has 0 spiro atoms. The van der Waals surface area contributed by atoms with Gasteiger partial charge in [0, 0.05) is 29.9 Å². The number of hydrogen-bond acceptors (Lipinski definition) is 6. The summed E-state index contributed by atoms with van der Waals surface area (Å²) in [7, 11) is 0. The molecular weight excluding hydrogens is 346 g/mol. The van der Waals surface area contributed by atoms with Gasteiger partial charge in [-0.25, -0.2) is 0 Å². The summed E-state index contributed by atoms with van der Waals surface area (Å²) >= 11 is 1.59. The second-order valence-electron chi connectivity index (χ2n) is 5.69. The van der Waals surface area contributed by atoms with Crippen LogP contribution in [0.5, 0.6) is 0 Å². The summed E-state index contributed by atoms with van der Waals surface area (Å²) in [5.74, 6) is 0.495. The number of rotatable bonds is 15. The normalized spacial score (nSPS) is 13.1. The molecule has 0 aliphatic heterocycles. The number of nitrogens with one attached hydrogen (secondary N) is 2. The summed E-state index contributed by atoms with van der Waals surface area (Å²) in [6, 6.07) is 0. The summed E-state index contributed by atoms with van der Waals surface area (Å²) in [4.78, 5) is 33.7. The van der Waals surface area contributed by atoms with E-state index in [9.17, 15) is 14.4 Å². The van der Waals surface area contributed by atoms with Crippen molar-refractivity contribution in [2.75, 3.05) is 44.6 Å². The largest absolute Gasteiger partial charge is 0.368 e. The molecule has 0 aliphatic carbocycles. The maximum atomic E-state index is 11.6. The number of primary amides is 1. The predicted octanol–water partition coefficient (Wildman–Crippen LogP) is 0.110. The van der Waals surface area contributed by atoms with Crippen LogP contribution >= 0.6 is 11.8 Å². The lowest BCUT2D eigenvalue weighted by Gasteiger charge is -2.11. The topological polar surface area (TPSA) is 120 Å². The van der Waals surface area contributed by atoms with Crippen LogP contribution in [0.15, 0.2) is 0 Å². The average molecular weight is 378 g/mol. The Hall–Kier alpha value is -1.32. The first-order chi connectivity index (χ1) is 11.9. The van der Waals surface area contributed by atoms with Crippen molar-refractivity contribution in [2.45, 2.75) is 27.2 Å². The van der Waals surface area contributed by atoms with E-state index >= 15 is 0 Å². The highest BCUT2D eigenvalue weighted by Crippen LogP contribution is 2.08. The van der Waals surface area contributed by atoms with Gasteiger partial charge in [-0.2, -0.15) is 11.8 Å². The van der Waals surface area contributed by atoms with Gasteiger partial charge in [0.15, 0.2) is 0 Å². The van der Waals surface area contributed by atoms with Crippen molar-refractivity contribution in [3.05, 3.63) is 0 Å². The summed E-state index contributed by atoms with van der Waals surface area (Å²) in [5, 5.41) is 5.27. The third-order valence-corrected chi connectivity index (χ3v) is 4.59. The van der Waals surface area contributed by atoms with Crippen molar-refractivity contribution in [2.24, 2.45) is 17.6 Å². The van der Waals surface area contributed by atoms with Crippen molar-refractivity contribution >= 4 is 29.5 Å². The smallest absolute Gasteiger partial charge is 0.236 e. The Bertz CT molecular complexity index is 409. The molecule has 2 atom stereocenters. The maximum absolute atomic E-state index is 11.6. The molecule has 0 aromatic carbocycles. The number of amides is 3. The first-order valence-electron chi connectivity index (χ1n) is 8.45. The predicted molar refractivity (Wildman–Crippen MR) is 97.9 cm³/mol. The van der Waals surface area contributed by atoms with Crippen LogP contribution in [0.1, 0.15) is 27.2 Å². The van der Waals surface area contributed by atoms with E-state index in [0.717, 1.165) is 12.2 Å². The number of ether oxygens (including phenoxy) is 2. The van der Waals surface area contributed by atoms with Gasteiger partial charge < -0.3 is 25.8 Å². The van der Waals surface area contributed by atoms with Gasteiger partial charge in [-0.05, 0) is 6.42 Å². The molecule has 0 heterocycles. The van der Waals surface area contributed by atoms with Crippen LogP contribution in [0, 0.1) is 11.8 Å². The maximum Gasteiger partial charge on any atom is 0.236 e. The van der Waals surface area contributed by atoms with Crippen LogP contribution < -0.4 is 16.4 Å². The molecule has 0 saturated carbocycles. The molecule has 146 valence electrons. The van der Waals surface area contributed by atoms with Crippen molar-refractivity contribution in [3.63, 3.8) is 0 Å². The van der Waals surface area contributed by atoms with Crippen LogP contribution in [0.2, 0.25) is 0 Å². The highest BCUT2D eigenvalue weighted by molar-refractivity contribution is 7.99. The number of thioether (sulfide) groups is 1. The Morgan fingerprint density at radius 3 is 2.32 bits per heavy atom. The first-order valence-corrected chi connectivity index (χ1v) is 9.60. The van der Waals surface area contributed by atoms with E-state index in [1.165, 1.54) is 0 Å². The van der Waals surface area contributed by atoms with E-state index < -0.39 is 5.91 Å². The Morgan fingerprint density at radius 1 is 1.04 bits per heavy atom. The van der Waals surface area contributed by atoms with E-state index in [2.05, 4.69) is 10.6 Å². The molecule has 0 aromatic rings. The third-order valence-electron chi connectivity index (χ3n) is 3.40. The third kappa shape index (κ3) is 13.6. The lowest BCUT2D eigenvalue weighted by Crippen LogP contribution is -2.37. The highest BCUT2D eigenvalue weighted by atomic mass is 32.2. The zero-order chi connectivity index (χ0) is 19.1. The number of carbonyl (C=O) groups excluding carboxylic acids is 3. The molecule has 0 radical (unpaired) electrons. The zero-order valence-corrected chi connectivity index (χ0v) is 16.2. The van der Waals surface area contributed by atoms with E-state index in [4.69, 9.17) is 15.2 Å². The monoisotopic (exact) mass is 377 g/mol. The van der Waals surface area contributed by atoms with Gasteiger partial charge in [-0.3, -0.25) is 14.4 Å². The van der Waals surface area contributed by atoms with Crippen LogP contribution in [-0.2, 0) is 23.9 Å². The molecule has 0 fully saturated rings. The molecule has 0 bridgehead atoms. The Kier molecular flexibility index (Phi) is 14.2. The van der Waals surface area contributed by atoms with Crippen LogP contribution in [0.4, 0.5) is 0 Å². The lowest BCUT2D eigenvalue weighted by atomic mass is 10.1. The molecule has 2 unspecified atom stereocenters. The summed E-state index contributed by atoms with van der Waals surface area (Å²) in [6.07, 6.45) is 0.818. The highest BCUT2D eigenvalue weighted by Gasteiger charge is 2.13. The lowest BCUT2D eigenvalue weighted by molar-refractivity contribution is -0.126. The molecule has 0 aromatic heterocycles. The molecule has 0 rings (SSSR count). The average Bonchev–Trinajstić information content (AvgIpc) is 2.59. The van der Waals surface area contributed by atoms with Crippen LogP contribution in [0.3, 0.4) is 0 Å². The van der Waals surface area contributed by atoms with Gasteiger partial charge in [0.25, 0.3) is 0 Å². The standard InChI is InChI=1S/C16H31N3O5S/c1-4-12(2)15(21)18-5-6-23-11-24-7-8-25-10-13(3)16(22)19-9-14(17)20/h12-13H,4-11H2,1-3H3,(H2,17,20)(H,18,21)(H,19,22). The molecule has 4 N–H and O–H groups in total. The van der Waals surface area contributed by atoms with Gasteiger partial charge in [-0.15, -0.1) is 0 Å². The summed E-state index contributed by atoms with van der Waals surface area (Å²) < 4.78 is 10.6. The molecular formula is C16H31N3O5S. The van der Waals surface area contributed by atoms with Gasteiger partial charge in [0.2, 0.25) is 17.7 Å². The fourth-order valence-corrected chi connectivity index (χ4v) is 2.49. The molecule has 25 heavy (non-hydrogen) atoms. The van der Waals surface area contributed by atoms with Crippen molar-refractivity contribution in [3.8, 4) is 0 Å². The van der Waals surface area contributed by atoms with E-state index in [-0.39, 0.29) is 37.0 Å². The molecule has 9 heteroatoms. The van der Waals surface area contributed by atoms with Gasteiger partial charge >= 0.3 is 0 Å². The van der Waals surface area contributed by atoms with Crippen LogP contribution in [0.25, 0.3) is 0 Å². The first kappa shape index (κ1) is 23.7. The fourth-order valence-electron chi connectivity index (χ4n) is 1.58. The van der Waals surface area contributed by atoms with E-state index in [1.807, 2.05) is 13.8 Å². The van der Waals surface area contributed by atoms with Gasteiger partial charge in [0.1, 0.15) is 6.79 Å². The second-order valence-corrected chi connectivity index (χ2v) is 6.84. The zero-order valence-electron chi connectivity index (χ0n) is 15.3. The molecule has 0 aliphatic rings. The minimum Gasteiger partial charge on any atom is -0.368 e. The van der Waals surface area contributed by atoms with Crippen LogP contribution in [-0.4, -0.2) is 62.3 Å². The number of hydrogen-bond donors (Lipinski definition) is 3. The van der Waals surface area contributed by atoms with Crippen molar-refractivity contribution < 1.29 is 23.9 Å². The number of carbonyl (C=O) groups is 3. The minimum absolute atomic E-state index is 0.0218. The Labute approximate surface area is 153 Å². The summed E-state index contributed by atoms with van der Waals surface area (Å²) in [5.41, 5.74) is 4.97. The fraction of sp³-hybridized carbons (Fsp3) is 0.812. The SMILES string of the molecule is CCC(C)C(=O)NCCOCOCCSCC(C)C(=O)NCC(N)=O. The summed E-state index contributed by atoms with van der Waals surface area (Å²) in [6.45, 7) is 7.09. The quantitative estimate of drug-likeness (QED) is 0.275. The van der Waals surface area contributed by atoms with E-state index in [1.54, 1.807) is 18.7 Å². The minimum atomic E-state index is -0.555. The number of nitrogens with two attached hydrogens (primary N) is 1. The van der Waals surface area contributed by atoms with Gasteiger partial charge in [0.05, 0.1) is 19.8 Å². The molecule has 0 saturated heterocycles. The molecule has 8 nitrogen and oxygen atoms in total. The Balaban J connectivity index is 3.42. The second kappa shape index (κ2) is 15.0. The molecule has 3 amide bonds.